The van der Waals surface area contributed by atoms with E-state index in [1.807, 2.05) is 6.26 Å². The lowest BCUT2D eigenvalue weighted by atomic mass is 10.1. The molecule has 0 heterocycles. The molecule has 1 atom stereocenters. The first-order chi connectivity index (χ1) is 13.3. The molecule has 28 heavy (non-hydrogen) atoms. The molecule has 0 aliphatic heterocycles. The van der Waals surface area contributed by atoms with Gasteiger partial charge < -0.3 is 10.6 Å². The van der Waals surface area contributed by atoms with Crippen molar-refractivity contribution < 1.29 is 23.3 Å². The summed E-state index contributed by atoms with van der Waals surface area (Å²) < 4.78 is 26.3. The molecule has 0 saturated heterocycles. The number of non-ortho nitro benzene ring substituents is 1. The van der Waals surface area contributed by atoms with Crippen molar-refractivity contribution in [3.63, 3.8) is 0 Å². The molecule has 0 fully saturated rings. The molecule has 0 spiro atoms. The third kappa shape index (κ3) is 5.74. The summed E-state index contributed by atoms with van der Waals surface area (Å²) in [7, 11) is 0. The van der Waals surface area contributed by atoms with E-state index in [9.17, 15) is 28.5 Å². The Morgan fingerprint density at radius 1 is 1.18 bits per heavy atom. The zero-order valence-corrected chi connectivity index (χ0v) is 15.6. The van der Waals surface area contributed by atoms with Crippen LogP contribution in [0, 0.1) is 21.7 Å². The lowest BCUT2D eigenvalue weighted by molar-refractivity contribution is -0.384. The van der Waals surface area contributed by atoms with Crippen LogP contribution in [0.5, 0.6) is 0 Å². The molecule has 0 unspecified atom stereocenters. The highest BCUT2D eigenvalue weighted by atomic mass is 32.2. The van der Waals surface area contributed by atoms with Crippen molar-refractivity contribution in [2.75, 3.05) is 17.3 Å². The minimum Gasteiger partial charge on any atom is -0.340 e. The summed E-state index contributed by atoms with van der Waals surface area (Å²) in [5.74, 6) is -2.88. The van der Waals surface area contributed by atoms with Gasteiger partial charge in [0.1, 0.15) is 6.04 Å². The minimum atomic E-state index is -1.11. The van der Waals surface area contributed by atoms with Crippen molar-refractivity contribution in [1.82, 2.24) is 5.32 Å². The zero-order chi connectivity index (χ0) is 20.7. The number of nitrogens with zero attached hydrogens (tertiary/aromatic N) is 1. The van der Waals surface area contributed by atoms with E-state index in [0.29, 0.717) is 5.75 Å². The molecule has 0 radical (unpaired) electrons. The van der Waals surface area contributed by atoms with Gasteiger partial charge in [-0.3, -0.25) is 19.7 Å². The fraction of sp³-hybridized carbons (Fsp3) is 0.222. The van der Waals surface area contributed by atoms with Gasteiger partial charge in [-0.1, -0.05) is 6.07 Å². The molecule has 0 saturated carbocycles. The third-order valence-corrected chi connectivity index (χ3v) is 4.38. The van der Waals surface area contributed by atoms with E-state index in [1.165, 1.54) is 36.0 Å². The Kier molecular flexibility index (Phi) is 7.44. The summed E-state index contributed by atoms with van der Waals surface area (Å²) in [5, 5.41) is 15.8. The normalized spacial score (nSPS) is 11.5. The highest BCUT2D eigenvalue weighted by Crippen LogP contribution is 2.16. The van der Waals surface area contributed by atoms with Gasteiger partial charge in [-0.05, 0) is 36.6 Å². The minimum absolute atomic E-state index is 0.0315. The average molecular weight is 409 g/mol. The fourth-order valence-electron chi connectivity index (χ4n) is 2.31. The number of carbonyl (C=O) groups excluding carboxylic acids is 2. The summed E-state index contributed by atoms with van der Waals surface area (Å²) in [5.41, 5.74) is -0.175. The molecule has 0 bridgehead atoms. The number of nitro groups is 1. The second-order valence-electron chi connectivity index (χ2n) is 5.73. The standard InChI is InChI=1S/C18H17F2N3O4S/c1-28-8-7-16(18(25)21-12-5-6-14(19)15(20)10-12)22-17(24)11-3-2-4-13(9-11)23(26)27/h2-6,9-10,16H,7-8H2,1H3,(H,21,25)(H,22,24)/t16-/m1/s1. The van der Waals surface area contributed by atoms with E-state index >= 15 is 0 Å². The first-order valence-corrected chi connectivity index (χ1v) is 9.51. The van der Waals surface area contributed by atoms with Gasteiger partial charge in [-0.25, -0.2) is 8.78 Å². The van der Waals surface area contributed by atoms with Crippen molar-refractivity contribution in [3.05, 3.63) is 69.8 Å². The van der Waals surface area contributed by atoms with E-state index in [2.05, 4.69) is 10.6 Å². The summed E-state index contributed by atoms with van der Waals surface area (Å²) >= 11 is 1.46. The number of thioether (sulfide) groups is 1. The van der Waals surface area contributed by atoms with Crippen LogP contribution in [0.2, 0.25) is 0 Å². The van der Waals surface area contributed by atoms with E-state index in [0.717, 1.165) is 18.2 Å². The van der Waals surface area contributed by atoms with Gasteiger partial charge in [0, 0.05) is 29.4 Å². The first kappa shape index (κ1) is 21.3. The molecular formula is C18H17F2N3O4S. The van der Waals surface area contributed by atoms with Crippen molar-refractivity contribution in [2.45, 2.75) is 12.5 Å². The predicted octanol–water partition coefficient (Wildman–Crippen LogP) is 3.36. The largest absolute Gasteiger partial charge is 0.340 e. The van der Waals surface area contributed by atoms with Crippen LogP contribution >= 0.6 is 11.8 Å². The van der Waals surface area contributed by atoms with Gasteiger partial charge in [-0.15, -0.1) is 0 Å². The lowest BCUT2D eigenvalue weighted by Gasteiger charge is -2.18. The number of benzene rings is 2. The summed E-state index contributed by atoms with van der Waals surface area (Å²) in [6, 6.07) is 7.06. The van der Waals surface area contributed by atoms with Crippen molar-refractivity contribution >= 4 is 35.0 Å². The van der Waals surface area contributed by atoms with Gasteiger partial charge in [0.15, 0.2) is 11.6 Å². The third-order valence-electron chi connectivity index (χ3n) is 3.74. The quantitative estimate of drug-likeness (QED) is 0.514. The number of carbonyl (C=O) groups is 2. The Bertz CT molecular complexity index is 895. The molecule has 2 aromatic rings. The number of nitrogens with one attached hydrogen (secondary N) is 2. The molecule has 2 rings (SSSR count). The van der Waals surface area contributed by atoms with Gasteiger partial charge in [0.05, 0.1) is 4.92 Å². The second kappa shape index (κ2) is 9.79. The monoisotopic (exact) mass is 409 g/mol. The number of halogens is 2. The van der Waals surface area contributed by atoms with Crippen LogP contribution in [0.25, 0.3) is 0 Å². The van der Waals surface area contributed by atoms with Crippen LogP contribution in [-0.4, -0.2) is 34.8 Å². The Balaban J connectivity index is 2.14. The molecule has 148 valence electrons. The van der Waals surface area contributed by atoms with Crippen LogP contribution < -0.4 is 10.6 Å². The second-order valence-corrected chi connectivity index (χ2v) is 6.72. The van der Waals surface area contributed by atoms with E-state index in [1.54, 1.807) is 0 Å². The fourth-order valence-corrected chi connectivity index (χ4v) is 2.78. The van der Waals surface area contributed by atoms with Crippen molar-refractivity contribution in [3.8, 4) is 0 Å². The average Bonchev–Trinajstić information content (AvgIpc) is 2.67. The number of rotatable bonds is 8. The van der Waals surface area contributed by atoms with E-state index in [4.69, 9.17) is 0 Å². The maximum Gasteiger partial charge on any atom is 0.270 e. The van der Waals surface area contributed by atoms with Gasteiger partial charge in [-0.2, -0.15) is 11.8 Å². The topological polar surface area (TPSA) is 101 Å². The lowest BCUT2D eigenvalue weighted by Crippen LogP contribution is -2.44. The number of hydrogen-bond donors (Lipinski definition) is 2. The van der Waals surface area contributed by atoms with Crippen LogP contribution in [0.3, 0.4) is 0 Å². The predicted molar refractivity (Wildman–Crippen MR) is 102 cm³/mol. The molecule has 0 aliphatic carbocycles. The Morgan fingerprint density at radius 2 is 1.93 bits per heavy atom. The molecule has 10 heteroatoms. The summed E-state index contributed by atoms with van der Waals surface area (Å²) in [4.78, 5) is 35.1. The highest BCUT2D eigenvalue weighted by Gasteiger charge is 2.22. The SMILES string of the molecule is CSCC[C@@H](NC(=O)c1cccc([N+](=O)[O-])c1)C(=O)Nc1ccc(F)c(F)c1. The summed E-state index contributed by atoms with van der Waals surface area (Å²) in [6.45, 7) is 0. The Labute approximate surface area is 163 Å². The van der Waals surface area contributed by atoms with Crippen molar-refractivity contribution in [2.24, 2.45) is 0 Å². The number of amides is 2. The van der Waals surface area contributed by atoms with Crippen LogP contribution in [0.15, 0.2) is 42.5 Å². The van der Waals surface area contributed by atoms with Crippen LogP contribution in [0.1, 0.15) is 16.8 Å². The molecular weight excluding hydrogens is 392 g/mol. The maximum absolute atomic E-state index is 13.3. The first-order valence-electron chi connectivity index (χ1n) is 8.12. The molecule has 2 amide bonds. The van der Waals surface area contributed by atoms with Crippen molar-refractivity contribution in [1.29, 1.82) is 0 Å². The van der Waals surface area contributed by atoms with Crippen LogP contribution in [0.4, 0.5) is 20.2 Å². The van der Waals surface area contributed by atoms with Crippen LogP contribution in [-0.2, 0) is 4.79 Å². The molecule has 2 N–H and O–H groups in total. The Morgan fingerprint density at radius 3 is 2.57 bits per heavy atom. The number of anilines is 1. The molecule has 2 aromatic carbocycles. The number of nitro benzene ring substituents is 1. The van der Waals surface area contributed by atoms with E-state index in [-0.39, 0.29) is 23.4 Å². The van der Waals surface area contributed by atoms with Gasteiger partial charge in [0.25, 0.3) is 11.6 Å². The summed E-state index contributed by atoms with van der Waals surface area (Å²) in [6.07, 6.45) is 2.10. The molecule has 7 nitrogen and oxygen atoms in total. The Hall–Kier alpha value is -3.01. The smallest absolute Gasteiger partial charge is 0.270 e. The van der Waals surface area contributed by atoms with E-state index < -0.39 is 34.4 Å². The maximum atomic E-state index is 13.3. The van der Waals surface area contributed by atoms with Gasteiger partial charge in [0.2, 0.25) is 5.91 Å². The molecule has 0 aliphatic rings. The highest BCUT2D eigenvalue weighted by molar-refractivity contribution is 7.98. The number of hydrogen-bond acceptors (Lipinski definition) is 5. The van der Waals surface area contributed by atoms with Gasteiger partial charge >= 0.3 is 0 Å². The molecule has 0 aromatic heterocycles. The zero-order valence-electron chi connectivity index (χ0n) is 14.8.